The smallest absolute Gasteiger partial charge is 0.240 e. The van der Waals surface area contributed by atoms with E-state index in [1.165, 1.54) is 6.33 Å². The summed E-state index contributed by atoms with van der Waals surface area (Å²) in [5.74, 6) is 0.218. The molecular weight excluding hydrogens is 194 g/mol. The van der Waals surface area contributed by atoms with Crippen LogP contribution >= 0.6 is 0 Å². The molecule has 76 valence electrons. The third-order valence-corrected chi connectivity index (χ3v) is 2.41. The molecule has 0 aromatic carbocycles. The van der Waals surface area contributed by atoms with Crippen LogP contribution in [0.15, 0.2) is 12.4 Å². The maximum absolute atomic E-state index is 11.0. The fourth-order valence-corrected chi connectivity index (χ4v) is 1.52. The van der Waals surface area contributed by atoms with Gasteiger partial charge < -0.3 is 10.6 Å². The predicted molar refractivity (Wildman–Crippen MR) is 51.7 cm³/mol. The lowest BCUT2D eigenvalue weighted by molar-refractivity contribution is -0.120. The monoisotopic (exact) mass is 203 g/mol. The first-order valence-corrected chi connectivity index (χ1v) is 4.50. The van der Waals surface area contributed by atoms with Crippen molar-refractivity contribution >= 4 is 11.7 Å². The standard InChI is InChI=1S/C9H9N5O/c10-4-6-3-8(13-5-12-6)14-2-1-7(14)9(11)15/h3,5,7H,1-2H2,(H2,11,15). The molecule has 1 unspecified atom stereocenters. The van der Waals surface area contributed by atoms with Crippen LogP contribution in [0.5, 0.6) is 0 Å². The molecule has 0 bridgehead atoms. The lowest BCUT2D eigenvalue weighted by atomic mass is 10.0. The minimum atomic E-state index is -0.363. The van der Waals surface area contributed by atoms with Gasteiger partial charge in [-0.25, -0.2) is 9.97 Å². The van der Waals surface area contributed by atoms with E-state index in [9.17, 15) is 4.79 Å². The van der Waals surface area contributed by atoms with Gasteiger partial charge in [0.25, 0.3) is 0 Å². The van der Waals surface area contributed by atoms with Crippen molar-refractivity contribution in [3.63, 3.8) is 0 Å². The molecule has 2 heterocycles. The zero-order valence-electron chi connectivity index (χ0n) is 7.92. The van der Waals surface area contributed by atoms with E-state index in [1.54, 1.807) is 11.0 Å². The number of hydrogen-bond donors (Lipinski definition) is 1. The van der Waals surface area contributed by atoms with Gasteiger partial charge in [0.2, 0.25) is 5.91 Å². The van der Waals surface area contributed by atoms with Crippen LogP contribution in [0.2, 0.25) is 0 Å². The average molecular weight is 203 g/mol. The van der Waals surface area contributed by atoms with Crippen LogP contribution in [0.1, 0.15) is 12.1 Å². The first kappa shape index (κ1) is 9.40. The Balaban J connectivity index is 2.23. The van der Waals surface area contributed by atoms with Crippen LogP contribution in [0.3, 0.4) is 0 Å². The first-order valence-electron chi connectivity index (χ1n) is 4.50. The molecule has 1 amide bonds. The van der Waals surface area contributed by atoms with Crippen LogP contribution in [-0.2, 0) is 4.79 Å². The van der Waals surface area contributed by atoms with Gasteiger partial charge in [-0.2, -0.15) is 5.26 Å². The van der Waals surface area contributed by atoms with Crippen molar-refractivity contribution in [2.45, 2.75) is 12.5 Å². The van der Waals surface area contributed by atoms with Crippen molar-refractivity contribution in [1.82, 2.24) is 9.97 Å². The molecule has 1 aromatic heterocycles. The Kier molecular flexibility index (Phi) is 2.21. The maximum Gasteiger partial charge on any atom is 0.240 e. The number of nitriles is 1. The van der Waals surface area contributed by atoms with E-state index in [0.29, 0.717) is 5.82 Å². The van der Waals surface area contributed by atoms with Crippen molar-refractivity contribution in [3.05, 3.63) is 18.1 Å². The fourth-order valence-electron chi connectivity index (χ4n) is 1.52. The minimum absolute atomic E-state index is 0.287. The van der Waals surface area contributed by atoms with E-state index in [4.69, 9.17) is 11.0 Å². The van der Waals surface area contributed by atoms with Gasteiger partial charge in [-0.05, 0) is 6.42 Å². The summed E-state index contributed by atoms with van der Waals surface area (Å²) in [6.07, 6.45) is 2.05. The number of anilines is 1. The Morgan fingerprint density at radius 3 is 3.00 bits per heavy atom. The van der Waals surface area contributed by atoms with Crippen LogP contribution in [0.4, 0.5) is 5.82 Å². The highest BCUT2D eigenvalue weighted by molar-refractivity contribution is 5.85. The Hall–Kier alpha value is -2.16. The molecule has 1 atom stereocenters. The highest BCUT2D eigenvalue weighted by Gasteiger charge is 2.33. The second kappa shape index (κ2) is 3.53. The van der Waals surface area contributed by atoms with E-state index >= 15 is 0 Å². The van der Waals surface area contributed by atoms with E-state index in [-0.39, 0.29) is 17.6 Å². The summed E-state index contributed by atoms with van der Waals surface area (Å²) in [6, 6.07) is 3.17. The summed E-state index contributed by atoms with van der Waals surface area (Å²) >= 11 is 0. The molecule has 0 radical (unpaired) electrons. The Labute approximate surface area is 86.3 Å². The van der Waals surface area contributed by atoms with E-state index in [1.807, 2.05) is 6.07 Å². The normalized spacial score (nSPS) is 19.1. The highest BCUT2D eigenvalue weighted by atomic mass is 16.1. The summed E-state index contributed by atoms with van der Waals surface area (Å²) in [6.45, 7) is 0.732. The molecule has 1 saturated heterocycles. The minimum Gasteiger partial charge on any atom is -0.368 e. The van der Waals surface area contributed by atoms with Gasteiger partial charge in [0, 0.05) is 12.6 Å². The lowest BCUT2D eigenvalue weighted by Crippen LogP contribution is -2.55. The van der Waals surface area contributed by atoms with Crippen molar-refractivity contribution in [1.29, 1.82) is 5.26 Å². The molecule has 1 fully saturated rings. The molecule has 1 aromatic rings. The third-order valence-electron chi connectivity index (χ3n) is 2.41. The van der Waals surface area contributed by atoms with E-state index < -0.39 is 0 Å². The van der Waals surface area contributed by atoms with Crippen LogP contribution in [0, 0.1) is 11.3 Å². The van der Waals surface area contributed by atoms with Crippen molar-refractivity contribution in [2.24, 2.45) is 5.73 Å². The van der Waals surface area contributed by atoms with Crippen molar-refractivity contribution in [3.8, 4) is 6.07 Å². The number of rotatable bonds is 2. The highest BCUT2D eigenvalue weighted by Crippen LogP contribution is 2.24. The number of carbonyl (C=O) groups excluding carboxylic acids is 1. The Bertz CT molecular complexity index is 438. The molecule has 1 aliphatic rings. The average Bonchev–Trinajstić information content (AvgIpc) is 2.15. The number of carbonyl (C=O) groups is 1. The van der Waals surface area contributed by atoms with Gasteiger partial charge in [0.15, 0.2) is 0 Å². The van der Waals surface area contributed by atoms with Gasteiger partial charge in [0.05, 0.1) is 0 Å². The molecular formula is C9H9N5O. The van der Waals surface area contributed by atoms with Gasteiger partial charge in [-0.1, -0.05) is 0 Å². The zero-order valence-corrected chi connectivity index (χ0v) is 7.92. The second-order valence-corrected chi connectivity index (χ2v) is 3.27. The molecule has 6 heteroatoms. The maximum atomic E-state index is 11.0. The Morgan fingerprint density at radius 2 is 2.47 bits per heavy atom. The van der Waals surface area contributed by atoms with Gasteiger partial charge in [-0.3, -0.25) is 4.79 Å². The molecule has 1 aliphatic heterocycles. The molecule has 0 spiro atoms. The van der Waals surface area contributed by atoms with Gasteiger partial charge >= 0.3 is 0 Å². The number of aromatic nitrogens is 2. The SMILES string of the molecule is N#Cc1cc(N2CCC2C(N)=O)ncn1. The van der Waals surface area contributed by atoms with Gasteiger partial charge in [0.1, 0.15) is 30.0 Å². The summed E-state index contributed by atoms with van der Waals surface area (Å²) in [7, 11) is 0. The van der Waals surface area contributed by atoms with Crippen LogP contribution in [-0.4, -0.2) is 28.5 Å². The third kappa shape index (κ3) is 1.59. The number of amides is 1. The summed E-state index contributed by atoms with van der Waals surface area (Å²) in [5.41, 5.74) is 5.49. The summed E-state index contributed by atoms with van der Waals surface area (Å²) in [4.78, 5) is 20.5. The zero-order chi connectivity index (χ0) is 10.8. The number of nitrogens with zero attached hydrogens (tertiary/aromatic N) is 4. The van der Waals surface area contributed by atoms with E-state index in [2.05, 4.69) is 9.97 Å². The van der Waals surface area contributed by atoms with E-state index in [0.717, 1.165) is 13.0 Å². The lowest BCUT2D eigenvalue weighted by Gasteiger charge is -2.39. The molecule has 15 heavy (non-hydrogen) atoms. The number of primary amides is 1. The number of hydrogen-bond acceptors (Lipinski definition) is 5. The predicted octanol–water partition coefficient (Wildman–Crippen LogP) is -0.588. The van der Waals surface area contributed by atoms with Crippen LogP contribution in [0.25, 0.3) is 0 Å². The first-order chi connectivity index (χ1) is 7.22. The molecule has 2 N–H and O–H groups in total. The van der Waals surface area contributed by atoms with Gasteiger partial charge in [-0.15, -0.1) is 0 Å². The van der Waals surface area contributed by atoms with Crippen molar-refractivity contribution < 1.29 is 4.79 Å². The largest absolute Gasteiger partial charge is 0.368 e. The van der Waals surface area contributed by atoms with Crippen molar-refractivity contribution in [2.75, 3.05) is 11.4 Å². The molecule has 6 nitrogen and oxygen atoms in total. The topological polar surface area (TPSA) is 95.9 Å². The fraction of sp³-hybridized carbons (Fsp3) is 0.333. The quantitative estimate of drug-likeness (QED) is 0.693. The molecule has 0 aliphatic carbocycles. The summed E-state index contributed by atoms with van der Waals surface area (Å²) in [5, 5.41) is 8.66. The second-order valence-electron chi connectivity index (χ2n) is 3.27. The molecule has 2 rings (SSSR count). The number of nitrogens with two attached hydrogens (primary N) is 1. The molecule has 0 saturated carbocycles. The van der Waals surface area contributed by atoms with Crippen LogP contribution < -0.4 is 10.6 Å². The summed E-state index contributed by atoms with van der Waals surface area (Å²) < 4.78 is 0. The Morgan fingerprint density at radius 1 is 1.67 bits per heavy atom.